The van der Waals surface area contributed by atoms with Gasteiger partial charge in [-0.1, -0.05) is 18.2 Å². The Labute approximate surface area is 79.2 Å². The van der Waals surface area contributed by atoms with Crippen LogP contribution in [0.3, 0.4) is 0 Å². The average Bonchev–Trinajstić information content (AvgIpc) is 2.01. The van der Waals surface area contributed by atoms with Gasteiger partial charge < -0.3 is 9.84 Å². The lowest BCUT2D eigenvalue weighted by atomic mass is 10.1. The standard InChI is InChI=1S/C11H16O2/c1-11(2,3)13-8-9-6-4-5-7-10(9)12/h4-7,12H,8H2,1-3H3. The number of phenols is 1. The van der Waals surface area contributed by atoms with Crippen molar-refractivity contribution in [2.75, 3.05) is 0 Å². The molecule has 0 saturated carbocycles. The van der Waals surface area contributed by atoms with Gasteiger partial charge in [-0.05, 0) is 26.8 Å². The maximum absolute atomic E-state index is 9.43. The summed E-state index contributed by atoms with van der Waals surface area (Å²) < 4.78 is 5.54. The molecule has 0 saturated heterocycles. The third-order valence-electron chi connectivity index (χ3n) is 1.65. The largest absolute Gasteiger partial charge is 0.508 e. The first-order valence-corrected chi connectivity index (χ1v) is 4.40. The second-order valence-corrected chi connectivity index (χ2v) is 4.03. The van der Waals surface area contributed by atoms with E-state index in [-0.39, 0.29) is 5.60 Å². The van der Waals surface area contributed by atoms with Gasteiger partial charge in [0.25, 0.3) is 0 Å². The van der Waals surface area contributed by atoms with Crippen molar-refractivity contribution in [2.45, 2.75) is 33.0 Å². The number of aromatic hydroxyl groups is 1. The van der Waals surface area contributed by atoms with E-state index in [1.54, 1.807) is 12.1 Å². The van der Waals surface area contributed by atoms with E-state index in [2.05, 4.69) is 0 Å². The second-order valence-electron chi connectivity index (χ2n) is 4.03. The first-order chi connectivity index (χ1) is 5.99. The molecule has 0 aliphatic carbocycles. The van der Waals surface area contributed by atoms with E-state index in [1.165, 1.54) is 0 Å². The third-order valence-corrected chi connectivity index (χ3v) is 1.65. The predicted molar refractivity (Wildman–Crippen MR) is 52.6 cm³/mol. The predicted octanol–water partition coefficient (Wildman–Crippen LogP) is 2.71. The molecule has 0 amide bonds. The first kappa shape index (κ1) is 10.1. The summed E-state index contributed by atoms with van der Waals surface area (Å²) >= 11 is 0. The van der Waals surface area contributed by atoms with Gasteiger partial charge in [-0.15, -0.1) is 0 Å². The highest BCUT2D eigenvalue weighted by Gasteiger charge is 2.10. The summed E-state index contributed by atoms with van der Waals surface area (Å²) in [6, 6.07) is 7.22. The molecular weight excluding hydrogens is 164 g/mol. The molecule has 0 unspecified atom stereocenters. The summed E-state index contributed by atoms with van der Waals surface area (Å²) in [7, 11) is 0. The fourth-order valence-electron chi connectivity index (χ4n) is 0.927. The van der Waals surface area contributed by atoms with Crippen molar-refractivity contribution >= 4 is 0 Å². The van der Waals surface area contributed by atoms with Crippen molar-refractivity contribution in [1.82, 2.24) is 0 Å². The summed E-state index contributed by atoms with van der Waals surface area (Å²) in [6.07, 6.45) is 0. The minimum atomic E-state index is -0.164. The number of benzene rings is 1. The van der Waals surface area contributed by atoms with E-state index in [1.807, 2.05) is 32.9 Å². The Hall–Kier alpha value is -1.02. The Balaban J connectivity index is 2.60. The maximum Gasteiger partial charge on any atom is 0.121 e. The number of rotatable bonds is 2. The van der Waals surface area contributed by atoms with Crippen LogP contribution < -0.4 is 0 Å². The molecule has 0 spiro atoms. The molecule has 0 aromatic heterocycles. The summed E-state index contributed by atoms with van der Waals surface area (Å²) in [5.74, 6) is 0.298. The molecule has 13 heavy (non-hydrogen) atoms. The van der Waals surface area contributed by atoms with Crippen LogP contribution in [0.4, 0.5) is 0 Å². The lowest BCUT2D eigenvalue weighted by Crippen LogP contribution is -2.18. The summed E-state index contributed by atoms with van der Waals surface area (Å²) in [5, 5.41) is 9.43. The SMILES string of the molecule is CC(C)(C)OCc1ccccc1O. The third kappa shape index (κ3) is 3.47. The summed E-state index contributed by atoms with van der Waals surface area (Å²) in [4.78, 5) is 0. The highest BCUT2D eigenvalue weighted by Crippen LogP contribution is 2.19. The van der Waals surface area contributed by atoms with Crippen molar-refractivity contribution in [2.24, 2.45) is 0 Å². The first-order valence-electron chi connectivity index (χ1n) is 4.40. The van der Waals surface area contributed by atoms with Gasteiger partial charge in [0.2, 0.25) is 0 Å². The molecule has 0 fully saturated rings. The Bertz CT molecular complexity index is 274. The molecule has 0 radical (unpaired) electrons. The highest BCUT2D eigenvalue weighted by atomic mass is 16.5. The summed E-state index contributed by atoms with van der Waals surface area (Å²) in [5.41, 5.74) is 0.667. The van der Waals surface area contributed by atoms with Gasteiger partial charge in [-0.2, -0.15) is 0 Å². The second kappa shape index (κ2) is 3.79. The molecule has 0 bridgehead atoms. The van der Waals surface area contributed by atoms with E-state index in [0.29, 0.717) is 12.4 Å². The van der Waals surface area contributed by atoms with E-state index >= 15 is 0 Å². The molecule has 0 heterocycles. The lowest BCUT2D eigenvalue weighted by molar-refractivity contribution is -0.0156. The lowest BCUT2D eigenvalue weighted by Gasteiger charge is -2.19. The molecule has 1 aromatic rings. The highest BCUT2D eigenvalue weighted by molar-refractivity contribution is 5.30. The van der Waals surface area contributed by atoms with E-state index in [0.717, 1.165) is 5.56 Å². The summed E-state index contributed by atoms with van der Waals surface area (Å²) in [6.45, 7) is 6.43. The van der Waals surface area contributed by atoms with Crippen molar-refractivity contribution < 1.29 is 9.84 Å². The van der Waals surface area contributed by atoms with Crippen LogP contribution in [0.15, 0.2) is 24.3 Å². The van der Waals surface area contributed by atoms with Crippen LogP contribution >= 0.6 is 0 Å². The van der Waals surface area contributed by atoms with E-state index in [4.69, 9.17) is 4.74 Å². The fourth-order valence-corrected chi connectivity index (χ4v) is 0.927. The minimum absolute atomic E-state index is 0.164. The molecule has 72 valence electrons. The molecule has 0 aliphatic heterocycles. The topological polar surface area (TPSA) is 29.5 Å². The Morgan fingerprint density at radius 1 is 1.23 bits per heavy atom. The average molecular weight is 180 g/mol. The van der Waals surface area contributed by atoms with Crippen LogP contribution in [0.25, 0.3) is 0 Å². The molecule has 1 aromatic carbocycles. The van der Waals surface area contributed by atoms with Crippen LogP contribution in [0.1, 0.15) is 26.3 Å². The quantitative estimate of drug-likeness (QED) is 0.758. The molecule has 1 rings (SSSR count). The van der Waals surface area contributed by atoms with Gasteiger partial charge in [-0.3, -0.25) is 0 Å². The molecular formula is C11H16O2. The van der Waals surface area contributed by atoms with Crippen molar-refractivity contribution in [3.63, 3.8) is 0 Å². The number of hydrogen-bond donors (Lipinski definition) is 1. The smallest absolute Gasteiger partial charge is 0.121 e. The van der Waals surface area contributed by atoms with Crippen molar-refractivity contribution in [3.05, 3.63) is 29.8 Å². The van der Waals surface area contributed by atoms with Gasteiger partial charge in [0.1, 0.15) is 5.75 Å². The van der Waals surface area contributed by atoms with Gasteiger partial charge in [0, 0.05) is 5.56 Å². The Morgan fingerprint density at radius 2 is 1.85 bits per heavy atom. The number of phenolic OH excluding ortho intramolecular Hbond substituents is 1. The minimum Gasteiger partial charge on any atom is -0.508 e. The van der Waals surface area contributed by atoms with Crippen LogP contribution in [0.5, 0.6) is 5.75 Å². The zero-order chi connectivity index (χ0) is 9.90. The number of hydrogen-bond acceptors (Lipinski definition) is 2. The van der Waals surface area contributed by atoms with Crippen molar-refractivity contribution in [3.8, 4) is 5.75 Å². The molecule has 2 heteroatoms. The zero-order valence-electron chi connectivity index (χ0n) is 8.37. The maximum atomic E-state index is 9.43. The van der Waals surface area contributed by atoms with Gasteiger partial charge in [0.15, 0.2) is 0 Å². The Kier molecular flexibility index (Phi) is 2.94. The molecule has 2 nitrogen and oxygen atoms in total. The fraction of sp³-hybridized carbons (Fsp3) is 0.455. The number of para-hydroxylation sites is 1. The van der Waals surface area contributed by atoms with Gasteiger partial charge >= 0.3 is 0 Å². The Morgan fingerprint density at radius 3 is 2.38 bits per heavy atom. The zero-order valence-corrected chi connectivity index (χ0v) is 8.37. The molecule has 1 N–H and O–H groups in total. The van der Waals surface area contributed by atoms with E-state index in [9.17, 15) is 5.11 Å². The van der Waals surface area contributed by atoms with Crippen LogP contribution in [0, 0.1) is 0 Å². The van der Waals surface area contributed by atoms with Crippen LogP contribution in [0.2, 0.25) is 0 Å². The number of ether oxygens (including phenoxy) is 1. The van der Waals surface area contributed by atoms with Crippen LogP contribution in [-0.4, -0.2) is 10.7 Å². The normalized spacial score (nSPS) is 11.6. The van der Waals surface area contributed by atoms with Crippen molar-refractivity contribution in [1.29, 1.82) is 0 Å². The molecule has 0 atom stereocenters. The van der Waals surface area contributed by atoms with Gasteiger partial charge in [-0.25, -0.2) is 0 Å². The van der Waals surface area contributed by atoms with Gasteiger partial charge in [0.05, 0.1) is 12.2 Å². The molecule has 0 aliphatic rings. The van der Waals surface area contributed by atoms with Crippen LogP contribution in [-0.2, 0) is 11.3 Å². The van der Waals surface area contributed by atoms with E-state index < -0.39 is 0 Å². The monoisotopic (exact) mass is 180 g/mol.